The monoisotopic (exact) mass is 400 g/mol. The lowest BCUT2D eigenvalue weighted by atomic mass is 9.94. The van der Waals surface area contributed by atoms with Crippen LogP contribution in [0.15, 0.2) is 48.8 Å². The van der Waals surface area contributed by atoms with Gasteiger partial charge in [0.05, 0.1) is 11.1 Å². The highest BCUT2D eigenvalue weighted by Gasteiger charge is 2.37. The second kappa shape index (κ2) is 7.86. The molecule has 2 aliphatic rings. The maximum atomic E-state index is 13.3. The molecule has 152 valence electrons. The minimum Gasteiger partial charge on any atom is -0.348 e. The Morgan fingerprint density at radius 1 is 1.10 bits per heavy atom. The molecular formula is C24H24N4O2. The zero-order valence-electron chi connectivity index (χ0n) is 16.8. The van der Waals surface area contributed by atoms with Crippen LogP contribution in [0.4, 0.5) is 0 Å². The summed E-state index contributed by atoms with van der Waals surface area (Å²) in [7, 11) is 0. The van der Waals surface area contributed by atoms with Gasteiger partial charge in [-0.25, -0.2) is 4.98 Å². The van der Waals surface area contributed by atoms with Crippen molar-refractivity contribution in [1.82, 2.24) is 20.2 Å². The van der Waals surface area contributed by atoms with Gasteiger partial charge in [-0.1, -0.05) is 43.5 Å². The number of hydrogen-bond acceptors (Lipinski definition) is 4. The van der Waals surface area contributed by atoms with Crippen molar-refractivity contribution in [1.29, 1.82) is 0 Å². The SMILES string of the molecule is O=C(NCc1cccnc1)c1c2c(nc3ccccc13)C(=O)N(C1CCCCC1)C2. The summed E-state index contributed by atoms with van der Waals surface area (Å²) in [4.78, 5) is 37.2. The molecule has 2 amide bonds. The number of hydrogen-bond donors (Lipinski definition) is 1. The Morgan fingerprint density at radius 3 is 2.73 bits per heavy atom. The van der Waals surface area contributed by atoms with Crippen molar-refractivity contribution in [3.8, 4) is 0 Å². The second-order valence-electron chi connectivity index (χ2n) is 8.10. The summed E-state index contributed by atoms with van der Waals surface area (Å²) < 4.78 is 0. The fourth-order valence-electron chi connectivity index (χ4n) is 4.68. The molecule has 0 unspecified atom stereocenters. The summed E-state index contributed by atoms with van der Waals surface area (Å²) in [5.41, 5.74) is 3.38. The van der Waals surface area contributed by atoms with Gasteiger partial charge < -0.3 is 10.2 Å². The highest BCUT2D eigenvalue weighted by atomic mass is 16.2. The first-order valence-electron chi connectivity index (χ1n) is 10.6. The van der Waals surface area contributed by atoms with Crippen LogP contribution in [0.1, 0.15) is 64.1 Å². The van der Waals surface area contributed by atoms with E-state index in [2.05, 4.69) is 15.3 Å². The number of benzene rings is 1. The Balaban J connectivity index is 1.52. The standard InChI is InChI=1S/C24H24N4O2/c29-23(26-14-16-7-6-12-25-13-16)21-18-10-4-5-11-20(18)27-22-19(21)15-28(24(22)30)17-8-2-1-3-9-17/h4-7,10-13,17H,1-3,8-9,14-15H2,(H,26,29). The number of rotatable bonds is 4. The van der Waals surface area contributed by atoms with Crippen LogP contribution in [0, 0.1) is 0 Å². The molecule has 0 saturated heterocycles. The fraction of sp³-hybridized carbons (Fsp3) is 0.333. The number of para-hydroxylation sites is 1. The minimum absolute atomic E-state index is 0.0380. The Kier molecular flexibility index (Phi) is 4.91. The van der Waals surface area contributed by atoms with Gasteiger partial charge in [-0.05, 0) is 30.5 Å². The number of fused-ring (bicyclic) bond motifs is 2. The number of pyridine rings is 2. The lowest BCUT2D eigenvalue weighted by Gasteiger charge is -2.30. The molecule has 5 rings (SSSR count). The van der Waals surface area contributed by atoms with Gasteiger partial charge in [-0.2, -0.15) is 0 Å². The largest absolute Gasteiger partial charge is 0.348 e. The molecular weight excluding hydrogens is 376 g/mol. The quantitative estimate of drug-likeness (QED) is 0.722. The number of amides is 2. The van der Waals surface area contributed by atoms with E-state index < -0.39 is 0 Å². The highest BCUT2D eigenvalue weighted by Crippen LogP contribution is 2.34. The van der Waals surface area contributed by atoms with E-state index in [0.717, 1.165) is 42.2 Å². The number of aromatic nitrogens is 2. The van der Waals surface area contributed by atoms with Gasteiger partial charge in [-0.3, -0.25) is 14.6 Å². The molecule has 0 radical (unpaired) electrons. The smallest absolute Gasteiger partial charge is 0.273 e. The van der Waals surface area contributed by atoms with Crippen LogP contribution in [-0.2, 0) is 13.1 Å². The molecule has 3 aromatic rings. The van der Waals surface area contributed by atoms with Crippen molar-refractivity contribution in [2.45, 2.75) is 51.2 Å². The summed E-state index contributed by atoms with van der Waals surface area (Å²) in [5, 5.41) is 3.80. The molecule has 2 aromatic heterocycles. The number of nitrogens with one attached hydrogen (secondary N) is 1. The van der Waals surface area contributed by atoms with Gasteiger partial charge in [0, 0.05) is 42.5 Å². The Bertz CT molecular complexity index is 1110. The van der Waals surface area contributed by atoms with Crippen LogP contribution in [-0.4, -0.2) is 32.7 Å². The molecule has 3 heterocycles. The van der Waals surface area contributed by atoms with Crippen molar-refractivity contribution >= 4 is 22.7 Å². The summed E-state index contributed by atoms with van der Waals surface area (Å²) in [6.07, 6.45) is 9.04. The molecule has 6 nitrogen and oxygen atoms in total. The Labute approximate surface area is 175 Å². The van der Waals surface area contributed by atoms with Crippen LogP contribution in [0.2, 0.25) is 0 Å². The van der Waals surface area contributed by atoms with E-state index in [1.165, 1.54) is 6.42 Å². The average Bonchev–Trinajstić information content (AvgIpc) is 3.13. The zero-order chi connectivity index (χ0) is 20.5. The number of nitrogens with zero attached hydrogens (tertiary/aromatic N) is 3. The van der Waals surface area contributed by atoms with Gasteiger partial charge >= 0.3 is 0 Å². The van der Waals surface area contributed by atoms with E-state index in [-0.39, 0.29) is 17.9 Å². The first-order chi connectivity index (χ1) is 14.7. The van der Waals surface area contributed by atoms with Gasteiger partial charge in [0.25, 0.3) is 11.8 Å². The van der Waals surface area contributed by atoms with Crippen molar-refractivity contribution in [2.75, 3.05) is 0 Å². The molecule has 0 bridgehead atoms. The third kappa shape index (κ3) is 3.32. The number of carbonyl (C=O) groups is 2. The van der Waals surface area contributed by atoms with E-state index in [1.807, 2.05) is 41.3 Å². The first kappa shape index (κ1) is 18.7. The topological polar surface area (TPSA) is 75.2 Å². The molecule has 1 aliphatic carbocycles. The van der Waals surface area contributed by atoms with Crippen molar-refractivity contribution in [2.24, 2.45) is 0 Å². The highest BCUT2D eigenvalue weighted by molar-refractivity contribution is 6.11. The van der Waals surface area contributed by atoms with Crippen LogP contribution < -0.4 is 5.32 Å². The maximum absolute atomic E-state index is 13.3. The normalized spacial score (nSPS) is 16.7. The summed E-state index contributed by atoms with van der Waals surface area (Å²) in [6.45, 7) is 0.852. The molecule has 1 aromatic carbocycles. The first-order valence-corrected chi connectivity index (χ1v) is 10.6. The summed E-state index contributed by atoms with van der Waals surface area (Å²) in [5.74, 6) is -0.212. The third-order valence-corrected chi connectivity index (χ3v) is 6.20. The molecule has 0 atom stereocenters. The van der Waals surface area contributed by atoms with Gasteiger partial charge in [0.1, 0.15) is 5.69 Å². The molecule has 1 aliphatic heterocycles. The van der Waals surface area contributed by atoms with Gasteiger partial charge in [0.2, 0.25) is 0 Å². The van der Waals surface area contributed by atoms with E-state index >= 15 is 0 Å². The van der Waals surface area contributed by atoms with Crippen molar-refractivity contribution < 1.29 is 9.59 Å². The fourth-order valence-corrected chi connectivity index (χ4v) is 4.68. The molecule has 1 saturated carbocycles. The Morgan fingerprint density at radius 2 is 1.93 bits per heavy atom. The minimum atomic E-state index is -0.174. The van der Waals surface area contributed by atoms with E-state index in [1.54, 1.807) is 12.4 Å². The van der Waals surface area contributed by atoms with Crippen molar-refractivity contribution in [3.05, 3.63) is 71.2 Å². The van der Waals surface area contributed by atoms with E-state index in [9.17, 15) is 9.59 Å². The van der Waals surface area contributed by atoms with E-state index in [0.29, 0.717) is 29.9 Å². The van der Waals surface area contributed by atoms with Crippen LogP contribution in [0.25, 0.3) is 10.9 Å². The second-order valence-corrected chi connectivity index (χ2v) is 8.10. The average molecular weight is 400 g/mol. The maximum Gasteiger partial charge on any atom is 0.273 e. The predicted molar refractivity (Wildman–Crippen MR) is 114 cm³/mol. The Hall–Kier alpha value is -3.28. The van der Waals surface area contributed by atoms with Crippen LogP contribution in [0.3, 0.4) is 0 Å². The molecule has 1 fully saturated rings. The summed E-state index contributed by atoms with van der Waals surface area (Å²) >= 11 is 0. The zero-order valence-corrected chi connectivity index (χ0v) is 16.8. The van der Waals surface area contributed by atoms with E-state index in [4.69, 9.17) is 0 Å². The molecule has 30 heavy (non-hydrogen) atoms. The van der Waals surface area contributed by atoms with Gasteiger partial charge in [0.15, 0.2) is 0 Å². The number of carbonyl (C=O) groups excluding carboxylic acids is 2. The molecule has 6 heteroatoms. The van der Waals surface area contributed by atoms with Crippen molar-refractivity contribution in [3.63, 3.8) is 0 Å². The summed E-state index contributed by atoms with van der Waals surface area (Å²) in [6, 6.07) is 11.6. The van der Waals surface area contributed by atoms with Crippen LogP contribution in [0.5, 0.6) is 0 Å². The molecule has 0 spiro atoms. The lowest BCUT2D eigenvalue weighted by molar-refractivity contribution is 0.0655. The third-order valence-electron chi connectivity index (χ3n) is 6.20. The lowest BCUT2D eigenvalue weighted by Crippen LogP contribution is -2.37. The molecule has 1 N–H and O–H groups in total. The van der Waals surface area contributed by atoms with Gasteiger partial charge in [-0.15, -0.1) is 0 Å². The predicted octanol–water partition coefficient (Wildman–Crippen LogP) is 3.85. The van der Waals surface area contributed by atoms with Crippen LogP contribution >= 0.6 is 0 Å².